The van der Waals surface area contributed by atoms with E-state index in [4.69, 9.17) is 4.74 Å². The minimum atomic E-state index is -0.484. The van der Waals surface area contributed by atoms with Crippen molar-refractivity contribution in [3.63, 3.8) is 0 Å². The molecule has 1 rings (SSSR count). The number of amides is 1. The minimum absolute atomic E-state index is 0.0305. The lowest BCUT2D eigenvalue weighted by Crippen LogP contribution is -2.39. The van der Waals surface area contributed by atoms with Crippen LogP contribution in [0.15, 0.2) is 34.2 Å². The molecular formula is C19H33N5O3. The summed E-state index contributed by atoms with van der Waals surface area (Å²) in [6, 6.07) is 5.18. The number of aromatic nitrogens is 1. The summed E-state index contributed by atoms with van der Waals surface area (Å²) in [5, 5.41) is 9.16. The van der Waals surface area contributed by atoms with Gasteiger partial charge in [0.05, 0.1) is 0 Å². The number of aliphatic imine (C=N–C) groups is 1. The number of guanidine groups is 1. The maximum Gasteiger partial charge on any atom is 0.407 e. The first-order valence-corrected chi connectivity index (χ1v) is 9.38. The fraction of sp³-hybridized carbons (Fsp3) is 0.632. The van der Waals surface area contributed by atoms with Gasteiger partial charge in [-0.05, 0) is 46.1 Å². The molecule has 0 radical (unpaired) electrons. The molecule has 152 valence electrons. The third-order valence-corrected chi connectivity index (χ3v) is 3.56. The van der Waals surface area contributed by atoms with Crippen molar-refractivity contribution < 1.29 is 9.53 Å². The van der Waals surface area contributed by atoms with Crippen LogP contribution in [0, 0.1) is 0 Å². The van der Waals surface area contributed by atoms with E-state index in [1.807, 2.05) is 33.0 Å². The zero-order valence-corrected chi connectivity index (χ0v) is 16.9. The van der Waals surface area contributed by atoms with Gasteiger partial charge in [-0.2, -0.15) is 0 Å². The Bertz CT molecular complexity index is 649. The summed E-state index contributed by atoms with van der Waals surface area (Å²) in [6.45, 7) is 8.21. The maximum absolute atomic E-state index is 11.6. The molecule has 0 aliphatic carbocycles. The van der Waals surface area contributed by atoms with Crippen LogP contribution in [0.1, 0.15) is 40.0 Å². The van der Waals surface area contributed by atoms with Gasteiger partial charge < -0.3 is 25.3 Å². The van der Waals surface area contributed by atoms with Gasteiger partial charge in [-0.1, -0.05) is 6.07 Å². The van der Waals surface area contributed by atoms with E-state index in [2.05, 4.69) is 20.9 Å². The van der Waals surface area contributed by atoms with Crippen molar-refractivity contribution in [2.75, 3.05) is 26.7 Å². The van der Waals surface area contributed by atoms with Crippen LogP contribution in [0.2, 0.25) is 0 Å². The van der Waals surface area contributed by atoms with Gasteiger partial charge in [-0.3, -0.25) is 9.79 Å². The molecule has 8 heteroatoms. The number of nitrogens with one attached hydrogen (secondary N) is 3. The summed E-state index contributed by atoms with van der Waals surface area (Å²) < 4.78 is 6.89. The molecule has 0 aliphatic heterocycles. The highest BCUT2D eigenvalue weighted by Gasteiger charge is 2.15. The smallest absolute Gasteiger partial charge is 0.407 e. The predicted octanol–water partition coefficient (Wildman–Crippen LogP) is 1.71. The summed E-state index contributed by atoms with van der Waals surface area (Å²) in [5.41, 5.74) is -0.453. The molecule has 1 heterocycles. The van der Waals surface area contributed by atoms with Crippen molar-refractivity contribution in [1.82, 2.24) is 20.5 Å². The second-order valence-corrected chi connectivity index (χ2v) is 7.15. The maximum atomic E-state index is 11.6. The first-order chi connectivity index (χ1) is 12.8. The number of unbranched alkanes of at least 4 members (excludes halogenated alkanes) is 1. The highest BCUT2D eigenvalue weighted by molar-refractivity contribution is 5.79. The van der Waals surface area contributed by atoms with Crippen LogP contribution >= 0.6 is 0 Å². The molecular weight excluding hydrogens is 346 g/mol. The molecule has 0 aliphatic rings. The van der Waals surface area contributed by atoms with Gasteiger partial charge in [0.2, 0.25) is 5.56 Å². The molecule has 0 unspecified atom stereocenters. The van der Waals surface area contributed by atoms with Crippen molar-refractivity contribution in [3.8, 4) is 0 Å². The topological polar surface area (TPSA) is 96.8 Å². The van der Waals surface area contributed by atoms with Crippen molar-refractivity contribution in [3.05, 3.63) is 34.7 Å². The standard InChI is InChI=1S/C19H33N5O3/c1-19(2,3)27-18(26)23-13-9-12-22-17(20-4)21-11-6-8-15-24-14-7-5-10-16(24)25/h5,7,10,14H,6,8-9,11-13,15H2,1-4H3,(H,23,26)(H2,20,21,22). The first-order valence-electron chi connectivity index (χ1n) is 9.38. The zero-order chi connectivity index (χ0) is 20.1. The second-order valence-electron chi connectivity index (χ2n) is 7.15. The van der Waals surface area contributed by atoms with Crippen LogP contribution in [0.4, 0.5) is 4.79 Å². The number of carbonyl (C=O) groups excluding carboxylic acids is 1. The Hall–Kier alpha value is -2.51. The molecule has 0 atom stereocenters. The number of nitrogens with zero attached hydrogens (tertiary/aromatic N) is 2. The average Bonchev–Trinajstić information content (AvgIpc) is 2.59. The Labute approximate surface area is 161 Å². The quantitative estimate of drug-likeness (QED) is 0.345. The molecule has 0 fully saturated rings. The van der Waals surface area contributed by atoms with Crippen LogP contribution < -0.4 is 21.5 Å². The number of aryl methyl sites for hydroxylation is 1. The fourth-order valence-corrected chi connectivity index (χ4v) is 2.28. The summed E-state index contributed by atoms with van der Waals surface area (Å²) in [7, 11) is 1.72. The van der Waals surface area contributed by atoms with Crippen LogP contribution in [-0.2, 0) is 11.3 Å². The number of alkyl carbamates (subject to hydrolysis) is 1. The summed E-state index contributed by atoms with van der Waals surface area (Å²) >= 11 is 0. The van der Waals surface area contributed by atoms with Crippen LogP contribution in [0.5, 0.6) is 0 Å². The third kappa shape index (κ3) is 10.9. The van der Waals surface area contributed by atoms with Gasteiger partial charge >= 0.3 is 6.09 Å². The van der Waals surface area contributed by atoms with E-state index in [-0.39, 0.29) is 5.56 Å². The second kappa shape index (κ2) is 12.0. The van der Waals surface area contributed by atoms with Gasteiger partial charge in [0.1, 0.15) is 5.60 Å². The van der Waals surface area contributed by atoms with E-state index in [1.54, 1.807) is 23.7 Å². The minimum Gasteiger partial charge on any atom is -0.444 e. The van der Waals surface area contributed by atoms with Crippen molar-refractivity contribution in [2.24, 2.45) is 4.99 Å². The molecule has 1 amide bonds. The zero-order valence-electron chi connectivity index (χ0n) is 16.9. The monoisotopic (exact) mass is 379 g/mol. The van der Waals surface area contributed by atoms with Gasteiger partial charge in [-0.15, -0.1) is 0 Å². The molecule has 1 aromatic heterocycles. The number of hydrogen-bond donors (Lipinski definition) is 3. The van der Waals surface area contributed by atoms with E-state index < -0.39 is 11.7 Å². The fourth-order valence-electron chi connectivity index (χ4n) is 2.28. The molecule has 0 aromatic carbocycles. The Kier molecular flexibility index (Phi) is 10.00. The van der Waals surface area contributed by atoms with E-state index in [0.29, 0.717) is 19.6 Å². The van der Waals surface area contributed by atoms with Gasteiger partial charge in [0.15, 0.2) is 5.96 Å². The van der Waals surface area contributed by atoms with Gasteiger partial charge in [-0.25, -0.2) is 4.79 Å². The molecule has 0 bridgehead atoms. The highest BCUT2D eigenvalue weighted by Crippen LogP contribution is 2.06. The SMILES string of the molecule is CN=C(NCCCCn1ccccc1=O)NCCCNC(=O)OC(C)(C)C. The lowest BCUT2D eigenvalue weighted by atomic mass is 10.2. The molecule has 3 N–H and O–H groups in total. The van der Waals surface area contributed by atoms with Crippen LogP contribution in [0.3, 0.4) is 0 Å². The summed E-state index contributed by atoms with van der Waals surface area (Å²) in [4.78, 5) is 27.3. The predicted molar refractivity (Wildman–Crippen MR) is 108 cm³/mol. The van der Waals surface area contributed by atoms with E-state index in [1.165, 1.54) is 0 Å². The molecule has 27 heavy (non-hydrogen) atoms. The number of rotatable bonds is 9. The van der Waals surface area contributed by atoms with E-state index in [9.17, 15) is 9.59 Å². The molecule has 1 aromatic rings. The number of ether oxygens (including phenoxy) is 1. The summed E-state index contributed by atoms with van der Waals surface area (Å²) in [6.07, 6.45) is 4.01. The lowest BCUT2D eigenvalue weighted by molar-refractivity contribution is 0.0527. The Balaban J connectivity index is 2.09. The van der Waals surface area contributed by atoms with Crippen molar-refractivity contribution >= 4 is 12.1 Å². The van der Waals surface area contributed by atoms with Gasteiger partial charge in [0, 0.05) is 45.5 Å². The van der Waals surface area contributed by atoms with Gasteiger partial charge in [0.25, 0.3) is 0 Å². The third-order valence-electron chi connectivity index (χ3n) is 3.56. The number of pyridine rings is 1. The number of carbonyl (C=O) groups is 1. The molecule has 0 saturated carbocycles. The average molecular weight is 380 g/mol. The Morgan fingerprint density at radius 2 is 1.74 bits per heavy atom. The van der Waals surface area contributed by atoms with E-state index in [0.717, 1.165) is 31.8 Å². The first kappa shape index (κ1) is 22.5. The van der Waals surface area contributed by atoms with Crippen LogP contribution in [0.25, 0.3) is 0 Å². The Morgan fingerprint density at radius 1 is 1.07 bits per heavy atom. The number of hydrogen-bond acceptors (Lipinski definition) is 4. The van der Waals surface area contributed by atoms with E-state index >= 15 is 0 Å². The summed E-state index contributed by atoms with van der Waals surface area (Å²) in [5.74, 6) is 0.726. The van der Waals surface area contributed by atoms with Crippen molar-refractivity contribution in [1.29, 1.82) is 0 Å². The Morgan fingerprint density at radius 3 is 2.37 bits per heavy atom. The van der Waals surface area contributed by atoms with Crippen molar-refractivity contribution in [2.45, 2.75) is 52.2 Å². The highest BCUT2D eigenvalue weighted by atomic mass is 16.6. The lowest BCUT2D eigenvalue weighted by Gasteiger charge is -2.19. The molecule has 0 spiro atoms. The largest absolute Gasteiger partial charge is 0.444 e. The molecule has 8 nitrogen and oxygen atoms in total. The molecule has 0 saturated heterocycles. The van der Waals surface area contributed by atoms with Crippen LogP contribution in [-0.4, -0.2) is 48.9 Å². The normalized spacial score (nSPS) is 11.8.